The van der Waals surface area contributed by atoms with Crippen LogP contribution in [0.2, 0.25) is 5.15 Å². The van der Waals surface area contributed by atoms with E-state index >= 15 is 0 Å². The molecule has 0 fully saturated rings. The van der Waals surface area contributed by atoms with Crippen LogP contribution in [0, 0.1) is 6.92 Å². The Morgan fingerprint density at radius 1 is 1.35 bits per heavy atom. The van der Waals surface area contributed by atoms with Crippen molar-refractivity contribution < 1.29 is 9.53 Å². The molecule has 0 aliphatic rings. The highest BCUT2D eigenvalue weighted by atomic mass is 35.5. The highest BCUT2D eigenvalue weighted by molar-refractivity contribution is 6.32. The molecule has 1 heterocycles. The summed E-state index contributed by atoms with van der Waals surface area (Å²) >= 11 is 5.89. The number of amides is 1. The van der Waals surface area contributed by atoms with Gasteiger partial charge in [-0.25, -0.2) is 4.98 Å². The lowest BCUT2D eigenvalue weighted by atomic mass is 10.2. The smallest absolute Gasteiger partial charge is 0.265 e. The van der Waals surface area contributed by atoms with Crippen LogP contribution in [0.4, 0.5) is 5.69 Å². The summed E-state index contributed by atoms with van der Waals surface area (Å²) in [5.74, 6) is 0.381. The molecule has 0 bridgehead atoms. The molecule has 1 amide bonds. The third-order valence-corrected chi connectivity index (χ3v) is 2.99. The topological polar surface area (TPSA) is 51.2 Å². The number of rotatable bonds is 4. The molecule has 1 N–H and O–H groups in total. The quantitative estimate of drug-likeness (QED) is 0.878. The first-order valence-electron chi connectivity index (χ1n) is 6.21. The van der Waals surface area contributed by atoms with Crippen LogP contribution in [-0.2, 0) is 4.79 Å². The van der Waals surface area contributed by atoms with Crippen molar-refractivity contribution in [1.29, 1.82) is 0 Å². The van der Waals surface area contributed by atoms with Crippen LogP contribution in [-0.4, -0.2) is 17.0 Å². The third kappa shape index (κ3) is 3.71. The van der Waals surface area contributed by atoms with Crippen LogP contribution < -0.4 is 10.1 Å². The fourth-order valence-electron chi connectivity index (χ4n) is 1.66. The Kier molecular flexibility index (Phi) is 4.58. The summed E-state index contributed by atoms with van der Waals surface area (Å²) in [5, 5.41) is 2.94. The van der Waals surface area contributed by atoms with E-state index in [0.29, 0.717) is 11.4 Å². The van der Waals surface area contributed by atoms with E-state index < -0.39 is 6.10 Å². The molecule has 104 valence electrons. The average molecular weight is 291 g/mol. The second kappa shape index (κ2) is 6.39. The lowest BCUT2D eigenvalue weighted by molar-refractivity contribution is -0.122. The normalized spacial score (nSPS) is 11.8. The van der Waals surface area contributed by atoms with Crippen LogP contribution >= 0.6 is 11.6 Å². The van der Waals surface area contributed by atoms with Crippen LogP contribution in [0.25, 0.3) is 0 Å². The van der Waals surface area contributed by atoms with Gasteiger partial charge >= 0.3 is 0 Å². The third-order valence-electron chi connectivity index (χ3n) is 2.69. The SMILES string of the molecule is Cc1cccc(O[C@@H](C)C(=O)Nc2cccnc2Cl)c1. The van der Waals surface area contributed by atoms with Crippen LogP contribution in [0.5, 0.6) is 5.75 Å². The Morgan fingerprint density at radius 2 is 2.15 bits per heavy atom. The number of ether oxygens (including phenoxy) is 1. The minimum absolute atomic E-state index is 0.253. The molecule has 2 rings (SSSR count). The maximum absolute atomic E-state index is 12.0. The molecule has 0 radical (unpaired) electrons. The number of hydrogen-bond donors (Lipinski definition) is 1. The Hall–Kier alpha value is -2.07. The molecule has 1 aromatic heterocycles. The average Bonchev–Trinajstić information content (AvgIpc) is 2.41. The second-order valence-electron chi connectivity index (χ2n) is 4.41. The van der Waals surface area contributed by atoms with Crippen molar-refractivity contribution in [2.24, 2.45) is 0 Å². The number of benzene rings is 1. The number of hydrogen-bond acceptors (Lipinski definition) is 3. The molecule has 2 aromatic rings. The van der Waals surface area contributed by atoms with E-state index in [2.05, 4.69) is 10.3 Å². The van der Waals surface area contributed by atoms with Gasteiger partial charge in [0.1, 0.15) is 5.75 Å². The van der Waals surface area contributed by atoms with Gasteiger partial charge in [0.15, 0.2) is 11.3 Å². The van der Waals surface area contributed by atoms with Crippen molar-refractivity contribution in [3.05, 3.63) is 53.3 Å². The van der Waals surface area contributed by atoms with Gasteiger partial charge in [-0.2, -0.15) is 0 Å². The first kappa shape index (κ1) is 14.3. The lowest BCUT2D eigenvalue weighted by Gasteiger charge is -2.15. The molecular weight excluding hydrogens is 276 g/mol. The van der Waals surface area contributed by atoms with Crippen molar-refractivity contribution in [1.82, 2.24) is 4.98 Å². The van der Waals surface area contributed by atoms with Crippen LogP contribution in [0.1, 0.15) is 12.5 Å². The molecule has 1 atom stereocenters. The van der Waals surface area contributed by atoms with Gasteiger partial charge in [0.05, 0.1) is 5.69 Å². The number of carbonyl (C=O) groups excluding carboxylic acids is 1. The summed E-state index contributed by atoms with van der Waals surface area (Å²) < 4.78 is 5.59. The molecule has 4 nitrogen and oxygen atoms in total. The number of aromatic nitrogens is 1. The second-order valence-corrected chi connectivity index (χ2v) is 4.77. The number of halogens is 1. The van der Waals surface area contributed by atoms with Gasteiger partial charge in [-0.15, -0.1) is 0 Å². The maximum Gasteiger partial charge on any atom is 0.265 e. The molecular formula is C15H15ClN2O2. The largest absolute Gasteiger partial charge is 0.481 e. The van der Waals surface area contributed by atoms with Gasteiger partial charge in [-0.1, -0.05) is 23.7 Å². The summed E-state index contributed by atoms with van der Waals surface area (Å²) in [4.78, 5) is 15.9. The van der Waals surface area contributed by atoms with Crippen LogP contribution in [0.15, 0.2) is 42.6 Å². The number of pyridine rings is 1. The monoisotopic (exact) mass is 290 g/mol. The summed E-state index contributed by atoms with van der Waals surface area (Å²) in [6.07, 6.45) is 0.929. The minimum atomic E-state index is -0.631. The van der Waals surface area contributed by atoms with Crippen molar-refractivity contribution in [2.75, 3.05) is 5.32 Å². The fourth-order valence-corrected chi connectivity index (χ4v) is 1.83. The van der Waals surface area contributed by atoms with Gasteiger partial charge in [0.25, 0.3) is 5.91 Å². The first-order chi connectivity index (χ1) is 9.56. The van der Waals surface area contributed by atoms with E-state index in [0.717, 1.165) is 5.56 Å². The van der Waals surface area contributed by atoms with Gasteiger partial charge in [0, 0.05) is 6.20 Å². The van der Waals surface area contributed by atoms with Gasteiger partial charge in [0.2, 0.25) is 0 Å². The minimum Gasteiger partial charge on any atom is -0.481 e. The van der Waals surface area contributed by atoms with Crippen molar-refractivity contribution in [3.63, 3.8) is 0 Å². The molecule has 0 saturated carbocycles. The molecule has 20 heavy (non-hydrogen) atoms. The Balaban J connectivity index is 2.01. The molecule has 5 heteroatoms. The number of anilines is 1. The highest BCUT2D eigenvalue weighted by Gasteiger charge is 2.16. The molecule has 0 aliphatic carbocycles. The number of aryl methyl sites for hydroxylation is 1. The molecule has 1 aromatic carbocycles. The van der Waals surface area contributed by atoms with E-state index in [-0.39, 0.29) is 11.1 Å². The zero-order valence-electron chi connectivity index (χ0n) is 11.3. The van der Waals surface area contributed by atoms with Crippen molar-refractivity contribution in [3.8, 4) is 5.75 Å². The van der Waals surface area contributed by atoms with Crippen molar-refractivity contribution >= 4 is 23.2 Å². The standard InChI is InChI=1S/C15H15ClN2O2/c1-10-5-3-6-12(9-10)20-11(2)15(19)18-13-7-4-8-17-14(13)16/h3-9,11H,1-2H3,(H,18,19)/t11-/m0/s1. The van der Waals surface area contributed by atoms with E-state index in [1.165, 1.54) is 0 Å². The number of nitrogens with zero attached hydrogens (tertiary/aromatic N) is 1. The Labute approximate surface area is 122 Å². The predicted octanol–water partition coefficient (Wildman–Crippen LogP) is 3.45. The zero-order valence-corrected chi connectivity index (χ0v) is 12.0. The highest BCUT2D eigenvalue weighted by Crippen LogP contribution is 2.19. The summed E-state index contributed by atoms with van der Waals surface area (Å²) in [6, 6.07) is 10.9. The molecule has 0 saturated heterocycles. The van der Waals surface area contributed by atoms with E-state index in [1.807, 2.05) is 31.2 Å². The van der Waals surface area contributed by atoms with Gasteiger partial charge < -0.3 is 10.1 Å². The van der Waals surface area contributed by atoms with Crippen molar-refractivity contribution in [2.45, 2.75) is 20.0 Å². The summed E-state index contributed by atoms with van der Waals surface area (Å²) in [7, 11) is 0. The zero-order chi connectivity index (χ0) is 14.5. The summed E-state index contributed by atoms with van der Waals surface area (Å²) in [6.45, 7) is 3.65. The molecule has 0 spiro atoms. The number of carbonyl (C=O) groups is 1. The van der Waals surface area contributed by atoms with E-state index in [1.54, 1.807) is 25.3 Å². The van der Waals surface area contributed by atoms with Crippen LogP contribution in [0.3, 0.4) is 0 Å². The Morgan fingerprint density at radius 3 is 2.85 bits per heavy atom. The van der Waals surface area contributed by atoms with Gasteiger partial charge in [-0.05, 0) is 43.7 Å². The fraction of sp³-hybridized carbons (Fsp3) is 0.200. The Bertz CT molecular complexity index is 616. The predicted molar refractivity (Wildman–Crippen MR) is 79.1 cm³/mol. The lowest BCUT2D eigenvalue weighted by Crippen LogP contribution is -2.30. The molecule has 0 aliphatic heterocycles. The first-order valence-corrected chi connectivity index (χ1v) is 6.59. The summed E-state index contributed by atoms with van der Waals surface area (Å²) in [5.41, 5.74) is 1.55. The van der Waals surface area contributed by atoms with E-state index in [4.69, 9.17) is 16.3 Å². The molecule has 0 unspecified atom stereocenters. The van der Waals surface area contributed by atoms with Gasteiger partial charge in [-0.3, -0.25) is 4.79 Å². The van der Waals surface area contributed by atoms with E-state index in [9.17, 15) is 4.79 Å². The number of nitrogens with one attached hydrogen (secondary N) is 1. The maximum atomic E-state index is 12.0.